The number of benzene rings is 2. The fraction of sp³-hybridized carbons (Fsp3) is 0.158. The van der Waals surface area contributed by atoms with Gasteiger partial charge in [0.1, 0.15) is 0 Å². The van der Waals surface area contributed by atoms with Gasteiger partial charge < -0.3 is 9.26 Å². The molecular formula is C19H15N3O3. The van der Waals surface area contributed by atoms with Gasteiger partial charge in [0.2, 0.25) is 5.82 Å². The van der Waals surface area contributed by atoms with Crippen LogP contribution >= 0.6 is 0 Å². The maximum atomic E-state index is 12.0. The van der Waals surface area contributed by atoms with Crippen LogP contribution in [0.1, 0.15) is 34.3 Å². The van der Waals surface area contributed by atoms with Gasteiger partial charge >= 0.3 is 5.97 Å². The average Bonchev–Trinajstić information content (AvgIpc) is 3.15. The fourth-order valence-corrected chi connectivity index (χ4v) is 2.21. The number of esters is 1. The number of ether oxygens (including phenoxy) is 1. The van der Waals surface area contributed by atoms with Crippen molar-refractivity contribution in [1.29, 1.82) is 5.26 Å². The van der Waals surface area contributed by atoms with E-state index < -0.39 is 5.97 Å². The molecular weight excluding hydrogens is 318 g/mol. The van der Waals surface area contributed by atoms with Crippen LogP contribution in [0.2, 0.25) is 0 Å². The number of nitrogens with zero attached hydrogens (tertiary/aromatic N) is 3. The van der Waals surface area contributed by atoms with Crippen molar-refractivity contribution in [2.24, 2.45) is 0 Å². The molecule has 124 valence electrons. The van der Waals surface area contributed by atoms with Crippen molar-refractivity contribution in [2.45, 2.75) is 20.0 Å². The van der Waals surface area contributed by atoms with Crippen molar-refractivity contribution >= 4 is 5.97 Å². The predicted octanol–water partition coefficient (Wildman–Crippen LogP) is 3.53. The number of carbonyl (C=O) groups excluding carboxylic acids is 1. The van der Waals surface area contributed by atoms with Gasteiger partial charge in [0.15, 0.2) is 6.61 Å². The van der Waals surface area contributed by atoms with Gasteiger partial charge in [-0.1, -0.05) is 36.3 Å². The highest BCUT2D eigenvalue weighted by Crippen LogP contribution is 2.17. The summed E-state index contributed by atoms with van der Waals surface area (Å²) in [7, 11) is 0. The third kappa shape index (κ3) is 3.90. The van der Waals surface area contributed by atoms with E-state index in [-0.39, 0.29) is 12.5 Å². The molecule has 0 spiro atoms. The Morgan fingerprint density at radius 2 is 1.88 bits per heavy atom. The molecule has 0 bridgehead atoms. The summed E-state index contributed by atoms with van der Waals surface area (Å²) in [5.41, 5.74) is 2.90. The van der Waals surface area contributed by atoms with Crippen molar-refractivity contribution in [3.8, 4) is 17.5 Å². The average molecular weight is 333 g/mol. The van der Waals surface area contributed by atoms with Crippen molar-refractivity contribution in [2.75, 3.05) is 0 Å². The van der Waals surface area contributed by atoms with Crippen molar-refractivity contribution in [1.82, 2.24) is 10.1 Å². The first-order valence-electron chi connectivity index (χ1n) is 7.78. The van der Waals surface area contributed by atoms with Crippen LogP contribution in [0.3, 0.4) is 0 Å². The molecule has 0 aliphatic heterocycles. The van der Waals surface area contributed by atoms with Gasteiger partial charge in [-0.25, -0.2) is 4.79 Å². The minimum atomic E-state index is -0.517. The molecule has 0 amide bonds. The van der Waals surface area contributed by atoms with E-state index in [4.69, 9.17) is 14.5 Å². The number of hydrogen-bond acceptors (Lipinski definition) is 6. The predicted molar refractivity (Wildman–Crippen MR) is 89.4 cm³/mol. The standard InChI is InChI=1S/C19H15N3O3/c1-2-13-3-7-15(8-4-13)18-21-17(25-22-18)12-24-19(23)16-9-5-14(11-20)6-10-16/h3-10H,2,12H2,1H3. The Morgan fingerprint density at radius 1 is 1.16 bits per heavy atom. The zero-order valence-corrected chi connectivity index (χ0v) is 13.6. The monoisotopic (exact) mass is 333 g/mol. The molecule has 0 radical (unpaired) electrons. The quantitative estimate of drug-likeness (QED) is 0.664. The van der Waals surface area contributed by atoms with E-state index in [1.807, 2.05) is 30.3 Å². The first-order chi connectivity index (χ1) is 12.2. The second-order valence-electron chi connectivity index (χ2n) is 5.33. The summed E-state index contributed by atoms with van der Waals surface area (Å²) in [6, 6.07) is 16.1. The van der Waals surface area contributed by atoms with Crippen LogP contribution in [0.25, 0.3) is 11.4 Å². The zero-order chi connectivity index (χ0) is 17.6. The smallest absolute Gasteiger partial charge is 0.338 e. The van der Waals surface area contributed by atoms with Crippen LogP contribution < -0.4 is 0 Å². The Kier molecular flexibility index (Phi) is 4.86. The summed E-state index contributed by atoms with van der Waals surface area (Å²) in [5.74, 6) is 0.153. The van der Waals surface area contributed by atoms with E-state index in [9.17, 15) is 4.79 Å². The molecule has 3 aromatic rings. The molecule has 0 aliphatic rings. The largest absolute Gasteiger partial charge is 0.452 e. The van der Waals surface area contributed by atoms with E-state index >= 15 is 0 Å². The molecule has 6 heteroatoms. The number of aryl methyl sites for hydroxylation is 1. The zero-order valence-electron chi connectivity index (χ0n) is 13.6. The van der Waals surface area contributed by atoms with Gasteiger partial charge in [-0.05, 0) is 36.2 Å². The summed E-state index contributed by atoms with van der Waals surface area (Å²) in [5, 5.41) is 12.7. The van der Waals surface area contributed by atoms with Crippen molar-refractivity contribution in [3.05, 3.63) is 71.1 Å². The summed E-state index contributed by atoms with van der Waals surface area (Å²) in [6.45, 7) is 1.97. The molecule has 1 aromatic heterocycles. The first kappa shape index (κ1) is 16.4. The van der Waals surface area contributed by atoms with E-state index in [0.29, 0.717) is 17.0 Å². The Morgan fingerprint density at radius 3 is 2.52 bits per heavy atom. The van der Waals surface area contributed by atoms with Gasteiger partial charge in [0.25, 0.3) is 5.89 Å². The highest BCUT2D eigenvalue weighted by atomic mass is 16.6. The van der Waals surface area contributed by atoms with Crippen LogP contribution in [-0.2, 0) is 17.8 Å². The second-order valence-corrected chi connectivity index (χ2v) is 5.33. The number of nitriles is 1. The van der Waals surface area contributed by atoms with Crippen molar-refractivity contribution in [3.63, 3.8) is 0 Å². The lowest BCUT2D eigenvalue weighted by atomic mass is 10.1. The maximum absolute atomic E-state index is 12.0. The maximum Gasteiger partial charge on any atom is 0.338 e. The van der Waals surface area contributed by atoms with Gasteiger partial charge in [-0.15, -0.1) is 0 Å². The van der Waals surface area contributed by atoms with Gasteiger partial charge in [0, 0.05) is 5.56 Å². The lowest BCUT2D eigenvalue weighted by Gasteiger charge is -2.01. The van der Waals surface area contributed by atoms with Gasteiger partial charge in [-0.3, -0.25) is 0 Å². The molecule has 0 saturated carbocycles. The summed E-state index contributed by atoms with van der Waals surface area (Å²) < 4.78 is 10.3. The third-order valence-electron chi connectivity index (χ3n) is 3.66. The molecule has 3 rings (SSSR count). The fourth-order valence-electron chi connectivity index (χ4n) is 2.21. The molecule has 0 atom stereocenters. The summed E-state index contributed by atoms with van der Waals surface area (Å²) >= 11 is 0. The van der Waals surface area contributed by atoms with Crippen molar-refractivity contribution < 1.29 is 14.1 Å². The number of rotatable bonds is 5. The van der Waals surface area contributed by atoms with Crippen LogP contribution in [0.15, 0.2) is 53.1 Å². The highest BCUT2D eigenvalue weighted by Gasteiger charge is 2.12. The number of carbonyl (C=O) groups is 1. The Bertz CT molecular complexity index is 906. The Hall–Kier alpha value is -3.46. The second kappa shape index (κ2) is 7.41. The lowest BCUT2D eigenvalue weighted by molar-refractivity contribution is 0.0430. The minimum Gasteiger partial charge on any atom is -0.452 e. The Balaban J connectivity index is 1.62. The van der Waals surface area contributed by atoms with E-state index in [1.165, 1.54) is 17.7 Å². The molecule has 25 heavy (non-hydrogen) atoms. The van der Waals surface area contributed by atoms with Gasteiger partial charge in [-0.2, -0.15) is 10.2 Å². The van der Waals surface area contributed by atoms with Gasteiger partial charge in [0.05, 0.1) is 17.2 Å². The minimum absolute atomic E-state index is 0.112. The third-order valence-corrected chi connectivity index (χ3v) is 3.66. The molecule has 0 fully saturated rings. The molecule has 2 aromatic carbocycles. The first-order valence-corrected chi connectivity index (χ1v) is 7.78. The Labute approximate surface area is 144 Å². The molecule has 6 nitrogen and oxygen atoms in total. The molecule has 0 saturated heterocycles. The number of aromatic nitrogens is 2. The van der Waals surface area contributed by atoms with E-state index in [2.05, 4.69) is 17.1 Å². The number of hydrogen-bond donors (Lipinski definition) is 0. The van der Waals surface area contributed by atoms with Crippen LogP contribution in [-0.4, -0.2) is 16.1 Å². The SMILES string of the molecule is CCc1ccc(-c2noc(COC(=O)c3ccc(C#N)cc3)n2)cc1. The highest BCUT2D eigenvalue weighted by molar-refractivity contribution is 5.89. The van der Waals surface area contributed by atoms with E-state index in [0.717, 1.165) is 12.0 Å². The van der Waals surface area contributed by atoms with Crippen LogP contribution in [0, 0.1) is 11.3 Å². The van der Waals surface area contributed by atoms with Crippen LogP contribution in [0.4, 0.5) is 0 Å². The summed E-state index contributed by atoms with van der Waals surface area (Å²) in [6.07, 6.45) is 0.961. The molecule has 0 aliphatic carbocycles. The lowest BCUT2D eigenvalue weighted by Crippen LogP contribution is -2.05. The van der Waals surface area contributed by atoms with Crippen LogP contribution in [0.5, 0.6) is 0 Å². The summed E-state index contributed by atoms with van der Waals surface area (Å²) in [4.78, 5) is 16.2. The normalized spacial score (nSPS) is 10.2. The molecule has 1 heterocycles. The molecule has 0 unspecified atom stereocenters. The molecule has 0 N–H and O–H groups in total. The topological polar surface area (TPSA) is 89.0 Å². The van der Waals surface area contributed by atoms with E-state index in [1.54, 1.807) is 12.1 Å².